The van der Waals surface area contributed by atoms with Crippen molar-refractivity contribution < 1.29 is 9.59 Å². The van der Waals surface area contributed by atoms with E-state index < -0.39 is 0 Å². The summed E-state index contributed by atoms with van der Waals surface area (Å²) in [7, 11) is 0. The summed E-state index contributed by atoms with van der Waals surface area (Å²) < 4.78 is 0. The molecule has 0 aromatic carbocycles. The molecule has 3 fully saturated rings. The molecule has 0 bridgehead atoms. The molecule has 7 nitrogen and oxygen atoms in total. The van der Waals surface area contributed by atoms with E-state index >= 15 is 0 Å². The highest BCUT2D eigenvalue weighted by Gasteiger charge is 2.33. The maximum atomic E-state index is 12.6. The number of hydrogen-bond donors (Lipinski definition) is 4. The molecule has 0 radical (unpaired) electrons. The molecule has 3 saturated carbocycles. The third-order valence-corrected chi connectivity index (χ3v) is 7.65. The first-order valence-electron chi connectivity index (χ1n) is 12.4. The third kappa shape index (κ3) is 6.09. The highest BCUT2D eigenvalue weighted by atomic mass is 16.2. The number of nitrogens with zero attached hydrogens (tertiary/aromatic N) is 1. The number of rotatable bonds is 8. The molecule has 7 heteroatoms. The zero-order valence-corrected chi connectivity index (χ0v) is 18.9. The summed E-state index contributed by atoms with van der Waals surface area (Å²) in [6.07, 6.45) is 15.1. The predicted molar refractivity (Wildman–Crippen MR) is 122 cm³/mol. The number of aromatic nitrogens is 2. The third-order valence-electron chi connectivity index (χ3n) is 7.65. The Hall–Kier alpha value is -1.89. The lowest BCUT2D eigenvalue weighted by Gasteiger charge is -2.38. The number of carbonyl (C=O) groups excluding carboxylic acids is 2. The molecule has 0 aliphatic heterocycles. The Balaban J connectivity index is 1.25. The Labute approximate surface area is 185 Å². The first-order chi connectivity index (χ1) is 15.1. The van der Waals surface area contributed by atoms with Crippen molar-refractivity contribution in [1.29, 1.82) is 0 Å². The molecular formula is C24H39N5O2. The van der Waals surface area contributed by atoms with Gasteiger partial charge in [0.1, 0.15) is 5.82 Å². The Kier molecular flexibility index (Phi) is 7.64. The number of aromatic amines is 1. The molecule has 2 amide bonds. The van der Waals surface area contributed by atoms with E-state index in [0.717, 1.165) is 30.4 Å². The summed E-state index contributed by atoms with van der Waals surface area (Å²) in [6.45, 7) is 1.91. The summed E-state index contributed by atoms with van der Waals surface area (Å²) in [6, 6.07) is 2.66. The van der Waals surface area contributed by atoms with Crippen molar-refractivity contribution in [2.24, 2.45) is 11.8 Å². The molecule has 0 saturated heterocycles. The lowest BCUT2D eigenvalue weighted by molar-refractivity contribution is -0.120. The Morgan fingerprint density at radius 3 is 2.23 bits per heavy atom. The van der Waals surface area contributed by atoms with Gasteiger partial charge in [-0.3, -0.25) is 14.7 Å². The zero-order chi connectivity index (χ0) is 21.6. The summed E-state index contributed by atoms with van der Waals surface area (Å²) in [5, 5.41) is 16.9. The van der Waals surface area contributed by atoms with E-state index in [4.69, 9.17) is 0 Å². The normalized spacial score (nSPS) is 25.2. The molecule has 4 N–H and O–H groups in total. The van der Waals surface area contributed by atoms with Gasteiger partial charge in [-0.1, -0.05) is 38.5 Å². The van der Waals surface area contributed by atoms with Crippen LogP contribution in [0.3, 0.4) is 0 Å². The Morgan fingerprint density at radius 2 is 1.65 bits per heavy atom. The molecule has 3 aliphatic carbocycles. The van der Waals surface area contributed by atoms with Gasteiger partial charge in [0.15, 0.2) is 0 Å². The second-order valence-electron chi connectivity index (χ2n) is 10.0. The van der Waals surface area contributed by atoms with Gasteiger partial charge in [0.05, 0.1) is 12.2 Å². The molecule has 1 aromatic heterocycles. The van der Waals surface area contributed by atoms with Crippen LogP contribution in [-0.2, 0) is 9.59 Å². The van der Waals surface area contributed by atoms with Crippen molar-refractivity contribution in [3.05, 3.63) is 11.8 Å². The van der Waals surface area contributed by atoms with Gasteiger partial charge in [-0.05, 0) is 50.4 Å². The van der Waals surface area contributed by atoms with E-state index in [9.17, 15) is 9.59 Å². The van der Waals surface area contributed by atoms with Crippen molar-refractivity contribution >= 4 is 17.6 Å². The van der Waals surface area contributed by atoms with Crippen molar-refractivity contribution in [1.82, 2.24) is 20.8 Å². The van der Waals surface area contributed by atoms with Crippen LogP contribution in [0.1, 0.15) is 95.6 Å². The topological polar surface area (TPSA) is 98.9 Å². The first kappa shape index (κ1) is 22.3. The smallest absolute Gasteiger partial charge is 0.239 e. The summed E-state index contributed by atoms with van der Waals surface area (Å²) in [5.74, 6) is 2.47. The first-order valence-corrected chi connectivity index (χ1v) is 12.4. The Morgan fingerprint density at radius 1 is 1.03 bits per heavy atom. The molecular weight excluding hydrogens is 390 g/mol. The number of hydrogen-bond acceptors (Lipinski definition) is 4. The number of H-pyrrole nitrogens is 1. The van der Waals surface area contributed by atoms with E-state index in [1.54, 1.807) is 6.92 Å². The van der Waals surface area contributed by atoms with E-state index in [2.05, 4.69) is 26.1 Å². The van der Waals surface area contributed by atoms with Gasteiger partial charge in [-0.15, -0.1) is 0 Å². The maximum Gasteiger partial charge on any atom is 0.239 e. The average Bonchev–Trinajstić information content (AvgIpc) is 3.19. The van der Waals surface area contributed by atoms with E-state index in [1.807, 2.05) is 6.07 Å². The summed E-state index contributed by atoms with van der Waals surface area (Å²) in [5.41, 5.74) is 0.965. The van der Waals surface area contributed by atoms with Gasteiger partial charge >= 0.3 is 0 Å². The quantitative estimate of drug-likeness (QED) is 0.504. The molecule has 3 aliphatic rings. The van der Waals surface area contributed by atoms with Crippen molar-refractivity contribution in [3.63, 3.8) is 0 Å². The van der Waals surface area contributed by atoms with E-state index in [1.165, 1.54) is 64.2 Å². The van der Waals surface area contributed by atoms with Crippen LogP contribution in [0.2, 0.25) is 0 Å². The number of anilines is 1. The molecule has 31 heavy (non-hydrogen) atoms. The predicted octanol–water partition coefficient (Wildman–Crippen LogP) is 3.85. The SMILES string of the molecule is CC(=O)N[C@H]1C[C@@H](c2cc(NC(=O)CNC(C3CCCCC3)C3CCCCC3)[nH]n2)C1. The molecule has 4 rings (SSSR count). The highest BCUT2D eigenvalue weighted by molar-refractivity contribution is 5.91. The van der Waals surface area contributed by atoms with Gasteiger partial charge in [0, 0.05) is 31.0 Å². The van der Waals surface area contributed by atoms with Gasteiger partial charge in [-0.2, -0.15) is 5.10 Å². The lowest BCUT2D eigenvalue weighted by Crippen LogP contribution is -2.46. The summed E-state index contributed by atoms with van der Waals surface area (Å²) in [4.78, 5) is 23.8. The minimum Gasteiger partial charge on any atom is -0.354 e. The largest absolute Gasteiger partial charge is 0.354 e. The molecule has 0 spiro atoms. The van der Waals surface area contributed by atoms with Crippen LogP contribution in [-0.4, -0.2) is 40.6 Å². The molecule has 1 heterocycles. The van der Waals surface area contributed by atoms with Gasteiger partial charge in [0.2, 0.25) is 11.8 Å². The van der Waals surface area contributed by atoms with Crippen molar-refractivity contribution in [3.8, 4) is 0 Å². The van der Waals surface area contributed by atoms with E-state index in [0.29, 0.717) is 24.3 Å². The molecule has 0 atom stereocenters. The monoisotopic (exact) mass is 429 g/mol. The number of amides is 2. The lowest BCUT2D eigenvalue weighted by atomic mass is 9.74. The van der Waals surface area contributed by atoms with E-state index in [-0.39, 0.29) is 17.9 Å². The van der Waals surface area contributed by atoms with Crippen LogP contribution < -0.4 is 16.0 Å². The van der Waals surface area contributed by atoms with Crippen LogP contribution in [0.25, 0.3) is 0 Å². The average molecular weight is 430 g/mol. The minimum atomic E-state index is -0.00319. The zero-order valence-electron chi connectivity index (χ0n) is 18.9. The van der Waals surface area contributed by atoms with Crippen molar-refractivity contribution in [2.75, 3.05) is 11.9 Å². The second kappa shape index (κ2) is 10.6. The van der Waals surface area contributed by atoms with Crippen LogP contribution >= 0.6 is 0 Å². The minimum absolute atomic E-state index is 0.00319. The molecule has 0 unspecified atom stereocenters. The molecule has 172 valence electrons. The second-order valence-corrected chi connectivity index (χ2v) is 10.0. The van der Waals surface area contributed by atoms with Crippen LogP contribution in [0.15, 0.2) is 6.07 Å². The maximum absolute atomic E-state index is 12.6. The fraction of sp³-hybridized carbons (Fsp3) is 0.792. The fourth-order valence-electron chi connectivity index (χ4n) is 5.98. The van der Waals surface area contributed by atoms with Crippen LogP contribution in [0, 0.1) is 11.8 Å². The Bertz CT molecular complexity index is 712. The molecule has 1 aromatic rings. The van der Waals surface area contributed by atoms with Gasteiger partial charge < -0.3 is 16.0 Å². The highest BCUT2D eigenvalue weighted by Crippen LogP contribution is 2.37. The van der Waals surface area contributed by atoms with Crippen molar-refractivity contribution in [2.45, 2.75) is 102 Å². The summed E-state index contributed by atoms with van der Waals surface area (Å²) >= 11 is 0. The number of carbonyl (C=O) groups is 2. The van der Waals surface area contributed by atoms with Crippen LogP contribution in [0.5, 0.6) is 0 Å². The van der Waals surface area contributed by atoms with Gasteiger partial charge in [-0.25, -0.2) is 0 Å². The number of nitrogens with one attached hydrogen (secondary N) is 4. The standard InChI is InChI=1S/C24H39N5O2/c1-16(30)26-20-12-19(13-20)21-14-22(29-28-21)27-23(31)15-25-24(17-8-4-2-5-9-17)18-10-6-3-7-11-18/h14,17-20,24-25H,2-13,15H2,1H3,(H,26,30)(H2,27,28,29,31)/t19-,20+. The van der Waals surface area contributed by atoms with Crippen LogP contribution in [0.4, 0.5) is 5.82 Å². The van der Waals surface area contributed by atoms with Gasteiger partial charge in [0.25, 0.3) is 0 Å². The fourth-order valence-corrected chi connectivity index (χ4v) is 5.98.